The third kappa shape index (κ3) is 2.43. The molecule has 0 aromatic carbocycles. The lowest BCUT2D eigenvalue weighted by molar-refractivity contribution is -0.0320. The highest BCUT2D eigenvalue weighted by atomic mass is 79.9. The summed E-state index contributed by atoms with van der Waals surface area (Å²) < 4.78 is 11.0. The minimum Gasteiger partial charge on any atom is -0.380 e. The standard InChI is InChI=1S/C9H16BrNO2/c10-5-9-6-11(2-4-13-9)8-1-3-12-7-8/h8-9H,1-7H2. The Hall–Kier alpha value is 0.360. The Labute approximate surface area is 87.5 Å². The number of halogens is 1. The molecule has 2 saturated heterocycles. The summed E-state index contributed by atoms with van der Waals surface area (Å²) in [5.41, 5.74) is 0. The quantitative estimate of drug-likeness (QED) is 0.679. The van der Waals surface area contributed by atoms with Crippen molar-refractivity contribution in [3.05, 3.63) is 0 Å². The Morgan fingerprint density at radius 2 is 2.31 bits per heavy atom. The molecule has 0 bridgehead atoms. The van der Waals surface area contributed by atoms with E-state index in [9.17, 15) is 0 Å². The van der Waals surface area contributed by atoms with Crippen molar-refractivity contribution in [3.8, 4) is 0 Å². The molecule has 13 heavy (non-hydrogen) atoms. The number of ether oxygens (including phenoxy) is 2. The topological polar surface area (TPSA) is 21.7 Å². The molecular weight excluding hydrogens is 234 g/mol. The van der Waals surface area contributed by atoms with Crippen LogP contribution in [0.1, 0.15) is 6.42 Å². The molecule has 76 valence electrons. The van der Waals surface area contributed by atoms with Crippen molar-refractivity contribution < 1.29 is 9.47 Å². The molecule has 0 N–H and O–H groups in total. The average Bonchev–Trinajstić information content (AvgIpc) is 2.71. The maximum atomic E-state index is 5.59. The number of hydrogen-bond donors (Lipinski definition) is 0. The van der Waals surface area contributed by atoms with Gasteiger partial charge in [-0.3, -0.25) is 4.90 Å². The Morgan fingerprint density at radius 3 is 3.00 bits per heavy atom. The van der Waals surface area contributed by atoms with E-state index in [0.717, 1.165) is 38.2 Å². The predicted octanol–water partition coefficient (Wildman–Crippen LogP) is 0.871. The highest BCUT2D eigenvalue weighted by Gasteiger charge is 2.28. The lowest BCUT2D eigenvalue weighted by atomic mass is 10.2. The van der Waals surface area contributed by atoms with E-state index in [1.54, 1.807) is 0 Å². The fraction of sp³-hybridized carbons (Fsp3) is 1.00. The first kappa shape index (κ1) is 9.90. The van der Waals surface area contributed by atoms with Gasteiger partial charge in [-0.1, -0.05) is 15.9 Å². The Bertz CT molecular complexity index is 162. The molecule has 2 aliphatic heterocycles. The molecule has 2 rings (SSSR count). The minimum atomic E-state index is 0.370. The summed E-state index contributed by atoms with van der Waals surface area (Å²) in [6.45, 7) is 4.83. The van der Waals surface area contributed by atoms with Crippen LogP contribution in [0.15, 0.2) is 0 Å². The van der Waals surface area contributed by atoms with Gasteiger partial charge in [0, 0.05) is 31.1 Å². The van der Waals surface area contributed by atoms with Crippen LogP contribution in [0.5, 0.6) is 0 Å². The second-order valence-electron chi connectivity index (χ2n) is 3.66. The van der Waals surface area contributed by atoms with E-state index in [4.69, 9.17) is 9.47 Å². The zero-order valence-corrected chi connectivity index (χ0v) is 9.33. The highest BCUT2D eigenvalue weighted by Crippen LogP contribution is 2.16. The molecule has 0 amide bonds. The third-order valence-corrected chi connectivity index (χ3v) is 3.49. The molecule has 2 unspecified atom stereocenters. The fourth-order valence-electron chi connectivity index (χ4n) is 1.98. The van der Waals surface area contributed by atoms with Gasteiger partial charge in [-0.15, -0.1) is 0 Å². The van der Waals surface area contributed by atoms with Crippen molar-refractivity contribution >= 4 is 15.9 Å². The van der Waals surface area contributed by atoms with Gasteiger partial charge in [0.1, 0.15) is 0 Å². The van der Waals surface area contributed by atoms with Crippen LogP contribution in [-0.4, -0.2) is 55.3 Å². The summed E-state index contributed by atoms with van der Waals surface area (Å²) in [6.07, 6.45) is 1.56. The summed E-state index contributed by atoms with van der Waals surface area (Å²) in [7, 11) is 0. The largest absolute Gasteiger partial charge is 0.380 e. The fourth-order valence-corrected chi connectivity index (χ4v) is 2.37. The van der Waals surface area contributed by atoms with E-state index < -0.39 is 0 Å². The van der Waals surface area contributed by atoms with Crippen LogP contribution in [0.4, 0.5) is 0 Å². The molecule has 2 fully saturated rings. The number of rotatable bonds is 2. The molecule has 3 nitrogen and oxygen atoms in total. The second-order valence-corrected chi connectivity index (χ2v) is 4.31. The Kier molecular flexibility index (Phi) is 3.60. The third-order valence-electron chi connectivity index (χ3n) is 2.76. The van der Waals surface area contributed by atoms with E-state index in [1.165, 1.54) is 6.42 Å². The van der Waals surface area contributed by atoms with Crippen LogP contribution in [0.2, 0.25) is 0 Å². The molecular formula is C9H16BrNO2. The molecule has 4 heteroatoms. The van der Waals surface area contributed by atoms with Crippen LogP contribution in [0.3, 0.4) is 0 Å². The molecule has 0 spiro atoms. The maximum Gasteiger partial charge on any atom is 0.0799 e. The lowest BCUT2D eigenvalue weighted by Gasteiger charge is -2.35. The van der Waals surface area contributed by atoms with Gasteiger partial charge in [0.25, 0.3) is 0 Å². The molecule has 0 aliphatic carbocycles. The molecule has 0 radical (unpaired) electrons. The van der Waals surface area contributed by atoms with E-state index in [2.05, 4.69) is 20.8 Å². The van der Waals surface area contributed by atoms with Gasteiger partial charge in [0.15, 0.2) is 0 Å². The summed E-state index contributed by atoms with van der Waals surface area (Å²) in [5, 5.41) is 0.942. The van der Waals surface area contributed by atoms with Gasteiger partial charge in [-0.25, -0.2) is 0 Å². The average molecular weight is 250 g/mol. The maximum absolute atomic E-state index is 5.59. The Morgan fingerprint density at radius 1 is 1.38 bits per heavy atom. The number of hydrogen-bond acceptors (Lipinski definition) is 3. The van der Waals surface area contributed by atoms with Gasteiger partial charge in [0.2, 0.25) is 0 Å². The molecule has 0 aromatic rings. The molecule has 0 saturated carbocycles. The van der Waals surface area contributed by atoms with Crippen LogP contribution in [-0.2, 0) is 9.47 Å². The first-order valence-corrected chi connectivity index (χ1v) is 6.01. The SMILES string of the molecule is BrCC1CN(C2CCOC2)CCO1. The van der Waals surface area contributed by atoms with E-state index in [0.29, 0.717) is 12.1 Å². The molecule has 2 heterocycles. The normalized spacial score (nSPS) is 36.7. The number of morpholine rings is 1. The monoisotopic (exact) mass is 249 g/mol. The summed E-state index contributed by atoms with van der Waals surface area (Å²) in [6, 6.07) is 0.644. The number of nitrogens with zero attached hydrogens (tertiary/aromatic N) is 1. The lowest BCUT2D eigenvalue weighted by Crippen LogP contribution is -2.48. The molecule has 0 aromatic heterocycles. The zero-order chi connectivity index (χ0) is 9.10. The first-order valence-electron chi connectivity index (χ1n) is 4.89. The van der Waals surface area contributed by atoms with Crippen molar-refractivity contribution in [2.45, 2.75) is 18.6 Å². The first-order chi connectivity index (χ1) is 6.40. The highest BCUT2D eigenvalue weighted by molar-refractivity contribution is 9.09. The number of alkyl halides is 1. The summed E-state index contributed by atoms with van der Waals surface area (Å²) in [5.74, 6) is 0. The van der Waals surface area contributed by atoms with Gasteiger partial charge < -0.3 is 9.47 Å². The van der Waals surface area contributed by atoms with E-state index >= 15 is 0 Å². The van der Waals surface area contributed by atoms with Crippen molar-refractivity contribution in [2.24, 2.45) is 0 Å². The minimum absolute atomic E-state index is 0.370. The van der Waals surface area contributed by atoms with Gasteiger partial charge >= 0.3 is 0 Å². The van der Waals surface area contributed by atoms with Crippen molar-refractivity contribution in [1.82, 2.24) is 4.90 Å². The molecule has 2 aliphatic rings. The van der Waals surface area contributed by atoms with Crippen LogP contribution >= 0.6 is 15.9 Å². The van der Waals surface area contributed by atoms with Gasteiger partial charge in [0.05, 0.1) is 19.3 Å². The predicted molar refractivity (Wildman–Crippen MR) is 54.3 cm³/mol. The van der Waals surface area contributed by atoms with Crippen LogP contribution in [0, 0.1) is 0 Å². The van der Waals surface area contributed by atoms with Gasteiger partial charge in [-0.2, -0.15) is 0 Å². The van der Waals surface area contributed by atoms with Crippen molar-refractivity contribution in [2.75, 3.05) is 38.2 Å². The zero-order valence-electron chi connectivity index (χ0n) is 7.75. The molecule has 2 atom stereocenters. The summed E-state index contributed by atoms with van der Waals surface area (Å²) in [4.78, 5) is 2.50. The smallest absolute Gasteiger partial charge is 0.0799 e. The van der Waals surface area contributed by atoms with Gasteiger partial charge in [-0.05, 0) is 6.42 Å². The Balaban J connectivity index is 1.84. The summed E-state index contributed by atoms with van der Waals surface area (Å²) >= 11 is 3.46. The second kappa shape index (κ2) is 4.73. The van der Waals surface area contributed by atoms with E-state index in [1.807, 2.05) is 0 Å². The van der Waals surface area contributed by atoms with Crippen molar-refractivity contribution in [1.29, 1.82) is 0 Å². The van der Waals surface area contributed by atoms with E-state index in [-0.39, 0.29) is 0 Å². The van der Waals surface area contributed by atoms with Crippen LogP contribution in [0.25, 0.3) is 0 Å². The van der Waals surface area contributed by atoms with Crippen molar-refractivity contribution in [3.63, 3.8) is 0 Å². The van der Waals surface area contributed by atoms with Crippen LogP contribution < -0.4 is 0 Å².